The molecule has 124 valence electrons. The smallest absolute Gasteiger partial charge is 0.338 e. The highest BCUT2D eigenvalue weighted by Crippen LogP contribution is 2.26. The van der Waals surface area contributed by atoms with Gasteiger partial charge in [-0.1, -0.05) is 0 Å². The van der Waals surface area contributed by atoms with Crippen LogP contribution in [0.25, 0.3) is 0 Å². The van der Waals surface area contributed by atoms with E-state index in [0.29, 0.717) is 0 Å². The first-order valence-corrected chi connectivity index (χ1v) is 7.85. The van der Waals surface area contributed by atoms with Gasteiger partial charge < -0.3 is 9.64 Å². The van der Waals surface area contributed by atoms with E-state index < -0.39 is 23.2 Å². The zero-order valence-electron chi connectivity index (χ0n) is 12.8. The molecule has 0 aliphatic heterocycles. The molecule has 0 N–H and O–H groups in total. The Labute approximate surface area is 139 Å². The Bertz CT molecular complexity index is 504. The third-order valence-corrected chi connectivity index (χ3v) is 3.01. The fraction of sp³-hybridized carbons (Fsp3) is 0.533. The van der Waals surface area contributed by atoms with Crippen LogP contribution in [0.5, 0.6) is 0 Å². The van der Waals surface area contributed by atoms with E-state index in [-0.39, 0.29) is 36.1 Å². The van der Waals surface area contributed by atoms with E-state index >= 15 is 0 Å². The number of halogens is 4. The minimum absolute atomic E-state index is 0.176. The molecule has 7 heteroatoms. The summed E-state index contributed by atoms with van der Waals surface area (Å²) in [5, 5.41) is 0. The van der Waals surface area contributed by atoms with Gasteiger partial charge in [0.05, 0.1) is 5.56 Å². The normalized spacial score (nSPS) is 11.4. The zero-order valence-corrected chi connectivity index (χ0v) is 14.3. The maximum atomic E-state index is 14.2. The lowest BCUT2D eigenvalue weighted by Gasteiger charge is -2.24. The van der Waals surface area contributed by atoms with Gasteiger partial charge in [-0.25, -0.2) is 13.6 Å². The SMILES string of the molecule is CC(C)(C)OC(=O)c1cc(F)c(N(CCCl)CCCl)c(F)c1. The van der Waals surface area contributed by atoms with E-state index in [1.54, 1.807) is 20.8 Å². The van der Waals surface area contributed by atoms with Gasteiger partial charge in [0.15, 0.2) is 0 Å². The minimum atomic E-state index is -0.851. The minimum Gasteiger partial charge on any atom is -0.456 e. The lowest BCUT2D eigenvalue weighted by molar-refractivity contribution is 0.00685. The predicted octanol–water partition coefficient (Wildman–Crippen LogP) is 4.20. The molecule has 0 heterocycles. The number of esters is 1. The average molecular weight is 354 g/mol. The molecule has 0 fully saturated rings. The second kappa shape index (κ2) is 7.97. The standard InChI is InChI=1S/C15H19Cl2F2NO2/c1-15(2,3)22-14(21)10-8-11(18)13(12(19)9-10)20(6-4-16)7-5-17/h8-9H,4-7H2,1-3H3. The summed E-state index contributed by atoms with van der Waals surface area (Å²) in [7, 11) is 0. The zero-order chi connectivity index (χ0) is 16.9. The molecule has 0 radical (unpaired) electrons. The van der Waals surface area contributed by atoms with Crippen LogP contribution in [0.3, 0.4) is 0 Å². The van der Waals surface area contributed by atoms with Gasteiger partial charge in [0.2, 0.25) is 0 Å². The summed E-state index contributed by atoms with van der Waals surface area (Å²) in [5.74, 6) is -2.09. The first kappa shape index (κ1) is 19.0. The Kier molecular flexibility index (Phi) is 6.88. The molecule has 22 heavy (non-hydrogen) atoms. The quantitative estimate of drug-likeness (QED) is 0.566. The van der Waals surface area contributed by atoms with Crippen molar-refractivity contribution in [3.05, 3.63) is 29.3 Å². The maximum absolute atomic E-state index is 14.2. The lowest BCUT2D eigenvalue weighted by atomic mass is 10.1. The van der Waals surface area contributed by atoms with Crippen molar-refractivity contribution in [2.45, 2.75) is 26.4 Å². The van der Waals surface area contributed by atoms with Crippen LogP contribution in [0.2, 0.25) is 0 Å². The number of benzene rings is 1. The first-order chi connectivity index (χ1) is 10.2. The van der Waals surface area contributed by atoms with Crippen molar-refractivity contribution < 1.29 is 18.3 Å². The van der Waals surface area contributed by atoms with Crippen LogP contribution in [-0.4, -0.2) is 36.4 Å². The number of rotatable bonds is 6. The maximum Gasteiger partial charge on any atom is 0.338 e. The largest absolute Gasteiger partial charge is 0.456 e. The highest BCUT2D eigenvalue weighted by Gasteiger charge is 2.23. The Morgan fingerprint density at radius 1 is 1.14 bits per heavy atom. The molecular formula is C15H19Cl2F2NO2. The molecule has 0 spiro atoms. The van der Waals surface area contributed by atoms with Crippen molar-refractivity contribution in [2.75, 3.05) is 29.7 Å². The van der Waals surface area contributed by atoms with Gasteiger partial charge in [0.25, 0.3) is 0 Å². The van der Waals surface area contributed by atoms with E-state index in [0.717, 1.165) is 12.1 Å². The van der Waals surface area contributed by atoms with Gasteiger partial charge >= 0.3 is 5.97 Å². The average Bonchev–Trinajstić information content (AvgIpc) is 2.36. The van der Waals surface area contributed by atoms with Crippen molar-refractivity contribution in [1.82, 2.24) is 0 Å². The van der Waals surface area contributed by atoms with Gasteiger partial charge in [-0.3, -0.25) is 0 Å². The molecule has 0 aliphatic rings. The van der Waals surface area contributed by atoms with Crippen LogP contribution >= 0.6 is 23.2 Å². The monoisotopic (exact) mass is 353 g/mol. The lowest BCUT2D eigenvalue weighted by Crippen LogP contribution is -2.30. The number of nitrogens with zero attached hydrogens (tertiary/aromatic N) is 1. The molecule has 1 aromatic rings. The van der Waals surface area contributed by atoms with E-state index in [4.69, 9.17) is 27.9 Å². The van der Waals surface area contributed by atoms with Crippen molar-refractivity contribution in [2.24, 2.45) is 0 Å². The van der Waals surface area contributed by atoms with Gasteiger partial charge in [-0.05, 0) is 32.9 Å². The Hall–Kier alpha value is -1.07. The van der Waals surface area contributed by atoms with Crippen LogP contribution in [0.4, 0.5) is 14.5 Å². The summed E-state index contributed by atoms with van der Waals surface area (Å²) in [5.41, 5.74) is -1.16. The number of anilines is 1. The van der Waals surface area contributed by atoms with Gasteiger partial charge in [0, 0.05) is 24.8 Å². The molecule has 1 aromatic carbocycles. The molecule has 0 saturated carbocycles. The second-order valence-corrected chi connectivity index (χ2v) is 6.41. The van der Waals surface area contributed by atoms with E-state index in [2.05, 4.69) is 0 Å². The summed E-state index contributed by atoms with van der Waals surface area (Å²) in [6.45, 7) is 5.51. The van der Waals surface area contributed by atoms with Crippen molar-refractivity contribution >= 4 is 34.9 Å². The Morgan fingerprint density at radius 3 is 1.95 bits per heavy atom. The van der Waals surface area contributed by atoms with E-state index in [1.807, 2.05) is 0 Å². The highest BCUT2D eigenvalue weighted by atomic mass is 35.5. The van der Waals surface area contributed by atoms with Crippen molar-refractivity contribution in [1.29, 1.82) is 0 Å². The number of hydrogen-bond acceptors (Lipinski definition) is 3. The number of carbonyl (C=O) groups is 1. The molecule has 0 amide bonds. The van der Waals surface area contributed by atoms with Gasteiger partial charge in [0.1, 0.15) is 22.9 Å². The van der Waals surface area contributed by atoms with Crippen LogP contribution < -0.4 is 4.90 Å². The number of hydrogen-bond donors (Lipinski definition) is 0. The number of ether oxygens (including phenoxy) is 1. The molecular weight excluding hydrogens is 335 g/mol. The number of alkyl halides is 2. The molecule has 3 nitrogen and oxygen atoms in total. The van der Waals surface area contributed by atoms with Crippen LogP contribution in [-0.2, 0) is 4.74 Å². The van der Waals surface area contributed by atoms with Crippen molar-refractivity contribution in [3.8, 4) is 0 Å². The molecule has 1 rings (SSSR count). The third-order valence-electron chi connectivity index (χ3n) is 2.68. The van der Waals surface area contributed by atoms with Gasteiger partial charge in [-0.15, -0.1) is 23.2 Å². The summed E-state index contributed by atoms with van der Waals surface area (Å²) >= 11 is 11.3. The topological polar surface area (TPSA) is 29.5 Å². The van der Waals surface area contributed by atoms with Crippen LogP contribution in [0, 0.1) is 11.6 Å². The number of carbonyl (C=O) groups excluding carboxylic acids is 1. The van der Waals surface area contributed by atoms with Crippen LogP contribution in [0.15, 0.2) is 12.1 Å². The van der Waals surface area contributed by atoms with Gasteiger partial charge in [-0.2, -0.15) is 0 Å². The second-order valence-electron chi connectivity index (χ2n) is 5.66. The van der Waals surface area contributed by atoms with Crippen molar-refractivity contribution in [3.63, 3.8) is 0 Å². The molecule has 0 aromatic heterocycles. The Morgan fingerprint density at radius 2 is 1.59 bits per heavy atom. The first-order valence-electron chi connectivity index (χ1n) is 6.79. The summed E-state index contributed by atoms with van der Waals surface area (Å²) in [6.07, 6.45) is 0. The third kappa shape index (κ3) is 5.29. The van der Waals surface area contributed by atoms with Crippen LogP contribution in [0.1, 0.15) is 31.1 Å². The van der Waals surface area contributed by atoms with E-state index in [9.17, 15) is 13.6 Å². The highest BCUT2D eigenvalue weighted by molar-refractivity contribution is 6.18. The summed E-state index contributed by atoms with van der Waals surface area (Å²) < 4.78 is 33.6. The Balaban J connectivity index is 3.13. The molecule has 0 saturated heterocycles. The predicted molar refractivity (Wildman–Crippen MR) is 85.2 cm³/mol. The fourth-order valence-corrected chi connectivity index (χ4v) is 2.27. The summed E-state index contributed by atoms with van der Waals surface area (Å²) in [6, 6.07) is 1.92. The molecule has 0 aliphatic carbocycles. The fourth-order valence-electron chi connectivity index (χ4n) is 1.86. The molecule has 0 bridgehead atoms. The van der Waals surface area contributed by atoms with E-state index in [1.165, 1.54) is 4.90 Å². The summed E-state index contributed by atoms with van der Waals surface area (Å²) in [4.78, 5) is 13.3. The molecule has 0 unspecified atom stereocenters. The molecule has 0 atom stereocenters.